The van der Waals surface area contributed by atoms with Gasteiger partial charge in [-0.15, -0.1) is 0 Å². The number of hydroxylamine groups is 2. The summed E-state index contributed by atoms with van der Waals surface area (Å²) in [6.45, 7) is 7.19. The number of hydrogen-bond acceptors (Lipinski definition) is 2. The highest BCUT2D eigenvalue weighted by molar-refractivity contribution is 5.80. The van der Waals surface area contributed by atoms with E-state index in [1.165, 1.54) is 5.06 Å². The first kappa shape index (κ1) is 10.5. The molecule has 0 aliphatic carbocycles. The van der Waals surface area contributed by atoms with Crippen LogP contribution in [0.3, 0.4) is 0 Å². The van der Waals surface area contributed by atoms with E-state index in [0.29, 0.717) is 6.61 Å². The minimum Gasteiger partial charge on any atom is -0.272 e. The van der Waals surface area contributed by atoms with Crippen molar-refractivity contribution in [3.8, 4) is 0 Å². The molecule has 0 aromatic heterocycles. The normalized spacial score (nSPS) is 19.8. The molecule has 1 fully saturated rings. The standard InChI is InChI=1S/C10H19NO2/c1-10(2,3)9(12)11-7-5-4-6-8-13-11/h4-8H2,1-3H3. The van der Waals surface area contributed by atoms with Crippen LogP contribution in [0.2, 0.25) is 0 Å². The first-order valence-corrected chi connectivity index (χ1v) is 4.97. The third-order valence-electron chi connectivity index (χ3n) is 2.12. The summed E-state index contributed by atoms with van der Waals surface area (Å²) in [5, 5.41) is 1.53. The highest BCUT2D eigenvalue weighted by Gasteiger charge is 2.28. The summed E-state index contributed by atoms with van der Waals surface area (Å²) in [6, 6.07) is 0. The molecule has 0 saturated carbocycles. The Balaban J connectivity index is 2.54. The monoisotopic (exact) mass is 185 g/mol. The van der Waals surface area contributed by atoms with E-state index in [2.05, 4.69) is 0 Å². The van der Waals surface area contributed by atoms with E-state index in [1.807, 2.05) is 20.8 Å². The molecular weight excluding hydrogens is 166 g/mol. The number of nitrogens with zero attached hydrogens (tertiary/aromatic N) is 1. The molecule has 1 amide bonds. The third-order valence-corrected chi connectivity index (χ3v) is 2.12. The summed E-state index contributed by atoms with van der Waals surface area (Å²) in [6.07, 6.45) is 3.28. The first-order chi connectivity index (χ1) is 6.02. The van der Waals surface area contributed by atoms with Crippen molar-refractivity contribution in [1.29, 1.82) is 0 Å². The molecule has 3 nitrogen and oxygen atoms in total. The van der Waals surface area contributed by atoms with Crippen LogP contribution in [-0.2, 0) is 9.63 Å². The zero-order valence-corrected chi connectivity index (χ0v) is 8.80. The quantitative estimate of drug-likeness (QED) is 0.577. The van der Waals surface area contributed by atoms with Crippen molar-refractivity contribution < 1.29 is 9.63 Å². The highest BCUT2D eigenvalue weighted by atomic mass is 16.7. The van der Waals surface area contributed by atoms with Gasteiger partial charge in [-0.1, -0.05) is 20.8 Å². The van der Waals surface area contributed by atoms with Crippen LogP contribution in [-0.4, -0.2) is 24.1 Å². The number of rotatable bonds is 0. The summed E-state index contributed by atoms with van der Waals surface area (Å²) in [5.41, 5.74) is -0.329. The van der Waals surface area contributed by atoms with Crippen molar-refractivity contribution in [2.45, 2.75) is 40.0 Å². The molecular formula is C10H19NO2. The Morgan fingerprint density at radius 2 is 1.92 bits per heavy atom. The second-order valence-electron chi connectivity index (χ2n) is 4.55. The van der Waals surface area contributed by atoms with Crippen molar-refractivity contribution in [3.05, 3.63) is 0 Å². The molecule has 0 radical (unpaired) electrons. The van der Waals surface area contributed by atoms with Crippen molar-refractivity contribution in [3.63, 3.8) is 0 Å². The predicted molar refractivity (Wildman–Crippen MR) is 51.0 cm³/mol. The smallest absolute Gasteiger partial charge is 0.251 e. The van der Waals surface area contributed by atoms with Crippen molar-refractivity contribution >= 4 is 5.91 Å². The SMILES string of the molecule is CC(C)(C)C(=O)N1CCCCCO1. The van der Waals surface area contributed by atoms with Gasteiger partial charge in [0.15, 0.2) is 0 Å². The maximum atomic E-state index is 11.8. The number of carbonyl (C=O) groups excluding carboxylic acids is 1. The molecule has 0 N–H and O–H groups in total. The van der Waals surface area contributed by atoms with Crippen LogP contribution in [0.5, 0.6) is 0 Å². The molecule has 1 aliphatic heterocycles. The van der Waals surface area contributed by atoms with Crippen LogP contribution < -0.4 is 0 Å². The molecule has 0 unspecified atom stereocenters. The molecule has 1 heterocycles. The molecule has 1 rings (SSSR count). The van der Waals surface area contributed by atoms with Gasteiger partial charge < -0.3 is 0 Å². The summed E-state index contributed by atoms with van der Waals surface area (Å²) < 4.78 is 0. The van der Waals surface area contributed by atoms with Gasteiger partial charge in [0.25, 0.3) is 5.91 Å². The van der Waals surface area contributed by atoms with Crippen molar-refractivity contribution in [1.82, 2.24) is 5.06 Å². The van der Waals surface area contributed by atoms with Crippen LogP contribution in [0.4, 0.5) is 0 Å². The predicted octanol–water partition coefficient (Wildman–Crippen LogP) is 1.98. The molecule has 3 heteroatoms. The Kier molecular flexibility index (Phi) is 3.31. The maximum Gasteiger partial charge on any atom is 0.251 e. The Morgan fingerprint density at radius 1 is 1.23 bits per heavy atom. The fourth-order valence-corrected chi connectivity index (χ4v) is 1.31. The van der Waals surface area contributed by atoms with Gasteiger partial charge in [0.2, 0.25) is 0 Å². The van der Waals surface area contributed by atoms with Crippen LogP contribution in [0.1, 0.15) is 40.0 Å². The third kappa shape index (κ3) is 2.99. The fraction of sp³-hybridized carbons (Fsp3) is 0.900. The van der Waals surface area contributed by atoms with E-state index in [-0.39, 0.29) is 11.3 Å². The van der Waals surface area contributed by atoms with E-state index < -0.39 is 0 Å². The Labute approximate surface area is 80.0 Å². The van der Waals surface area contributed by atoms with E-state index in [0.717, 1.165) is 25.8 Å². The van der Waals surface area contributed by atoms with E-state index in [9.17, 15) is 4.79 Å². The van der Waals surface area contributed by atoms with E-state index >= 15 is 0 Å². The van der Waals surface area contributed by atoms with Gasteiger partial charge in [-0.05, 0) is 19.3 Å². The van der Waals surface area contributed by atoms with Gasteiger partial charge in [-0.3, -0.25) is 9.63 Å². The molecule has 76 valence electrons. The molecule has 0 aromatic carbocycles. The van der Waals surface area contributed by atoms with E-state index in [4.69, 9.17) is 4.84 Å². The molecule has 0 aromatic rings. The molecule has 13 heavy (non-hydrogen) atoms. The summed E-state index contributed by atoms with van der Waals surface area (Å²) in [4.78, 5) is 17.1. The zero-order chi connectivity index (χ0) is 9.90. The minimum atomic E-state index is -0.329. The molecule has 1 saturated heterocycles. The maximum absolute atomic E-state index is 11.8. The number of carbonyl (C=O) groups is 1. The average Bonchev–Trinajstić information content (AvgIpc) is 2.28. The summed E-state index contributed by atoms with van der Waals surface area (Å²) >= 11 is 0. The lowest BCUT2D eigenvalue weighted by Gasteiger charge is -2.26. The lowest BCUT2D eigenvalue weighted by atomic mass is 9.95. The van der Waals surface area contributed by atoms with Crippen LogP contribution >= 0.6 is 0 Å². The second kappa shape index (κ2) is 4.09. The van der Waals surface area contributed by atoms with Gasteiger partial charge >= 0.3 is 0 Å². The first-order valence-electron chi connectivity index (χ1n) is 4.97. The van der Waals surface area contributed by atoms with Crippen molar-refractivity contribution in [2.75, 3.05) is 13.2 Å². The van der Waals surface area contributed by atoms with Crippen LogP contribution in [0.15, 0.2) is 0 Å². The second-order valence-corrected chi connectivity index (χ2v) is 4.55. The summed E-state index contributed by atoms with van der Waals surface area (Å²) in [5.74, 6) is 0.0920. The lowest BCUT2D eigenvalue weighted by Crippen LogP contribution is -2.39. The minimum absolute atomic E-state index is 0.0920. The Bertz CT molecular complexity index is 176. The lowest BCUT2D eigenvalue weighted by molar-refractivity contribution is -0.192. The van der Waals surface area contributed by atoms with Gasteiger partial charge in [0.1, 0.15) is 0 Å². The largest absolute Gasteiger partial charge is 0.272 e. The van der Waals surface area contributed by atoms with Gasteiger partial charge in [0, 0.05) is 12.0 Å². The van der Waals surface area contributed by atoms with Crippen molar-refractivity contribution in [2.24, 2.45) is 5.41 Å². The summed E-state index contributed by atoms with van der Waals surface area (Å²) in [7, 11) is 0. The molecule has 0 spiro atoms. The fourth-order valence-electron chi connectivity index (χ4n) is 1.31. The van der Waals surface area contributed by atoms with Gasteiger partial charge in [-0.25, -0.2) is 5.06 Å². The Morgan fingerprint density at radius 3 is 2.54 bits per heavy atom. The van der Waals surface area contributed by atoms with Crippen LogP contribution in [0, 0.1) is 5.41 Å². The average molecular weight is 185 g/mol. The topological polar surface area (TPSA) is 29.5 Å². The Hall–Kier alpha value is -0.570. The molecule has 0 atom stereocenters. The van der Waals surface area contributed by atoms with Crippen LogP contribution in [0.25, 0.3) is 0 Å². The van der Waals surface area contributed by atoms with E-state index in [1.54, 1.807) is 0 Å². The van der Waals surface area contributed by atoms with Gasteiger partial charge in [0.05, 0.1) is 6.61 Å². The van der Waals surface area contributed by atoms with Gasteiger partial charge in [-0.2, -0.15) is 0 Å². The number of hydrogen-bond donors (Lipinski definition) is 0. The molecule has 1 aliphatic rings. The zero-order valence-electron chi connectivity index (χ0n) is 8.80. The number of amides is 1. The highest BCUT2D eigenvalue weighted by Crippen LogP contribution is 2.19. The molecule has 0 bridgehead atoms.